The van der Waals surface area contributed by atoms with Crippen LogP contribution in [0.4, 0.5) is 4.79 Å². The molecule has 5 aromatic rings. The Labute approximate surface area is 187 Å². The number of hydrogen-bond donors (Lipinski definition) is 2. The Morgan fingerprint density at radius 2 is 1.36 bits per heavy atom. The van der Waals surface area contributed by atoms with E-state index in [1.807, 2.05) is 30.3 Å². The van der Waals surface area contributed by atoms with E-state index in [1.165, 1.54) is 0 Å². The number of aromatic nitrogens is 4. The molecule has 0 aliphatic rings. The van der Waals surface area contributed by atoms with E-state index in [9.17, 15) is 14.4 Å². The molecule has 0 radical (unpaired) electrons. The van der Waals surface area contributed by atoms with Gasteiger partial charge >= 0.3 is 17.5 Å². The fourth-order valence-electron chi connectivity index (χ4n) is 3.38. The number of carbonyl (C=O) groups excluding carboxylic acids is 1. The van der Waals surface area contributed by atoms with Crippen LogP contribution in [-0.2, 0) is 11.3 Å². The molecule has 0 unspecified atom stereocenters. The Kier molecular flexibility index (Phi) is 6.51. The minimum Gasteiger partial charge on any atom is -0.410 e. The highest BCUT2D eigenvalue weighted by atomic mass is 16.6. The normalized spacial score (nSPS) is 10.7. The molecule has 2 N–H and O–H groups in total. The molecule has 5 rings (SSSR count). The van der Waals surface area contributed by atoms with Crippen LogP contribution >= 0.6 is 0 Å². The fourth-order valence-corrected chi connectivity index (χ4v) is 3.38. The molecule has 0 atom stereocenters. The highest BCUT2D eigenvalue weighted by Crippen LogP contribution is 2.13. The zero-order valence-corrected chi connectivity index (χ0v) is 17.9. The Morgan fingerprint density at radius 1 is 0.788 bits per heavy atom. The molecule has 0 saturated carbocycles. The van der Waals surface area contributed by atoms with E-state index in [0.29, 0.717) is 29.9 Å². The summed E-state index contributed by atoms with van der Waals surface area (Å²) in [6, 6.07) is 23.2. The van der Waals surface area contributed by atoms with Gasteiger partial charge in [0.05, 0.1) is 35.2 Å². The molecule has 33 heavy (non-hydrogen) atoms. The van der Waals surface area contributed by atoms with Gasteiger partial charge in [-0.25, -0.2) is 14.4 Å². The van der Waals surface area contributed by atoms with E-state index in [1.54, 1.807) is 60.2 Å². The second-order valence-electron chi connectivity index (χ2n) is 7.06. The maximum atomic E-state index is 12.0. The summed E-state index contributed by atoms with van der Waals surface area (Å²) in [6.07, 6.45) is -0.728. The Bertz CT molecular complexity index is 1490. The first-order valence-electron chi connectivity index (χ1n) is 10.2. The van der Waals surface area contributed by atoms with Crippen molar-refractivity contribution >= 4 is 28.2 Å². The van der Waals surface area contributed by atoms with Crippen LogP contribution in [0.1, 0.15) is 0 Å². The first kappa shape index (κ1) is 21.8. The molecule has 0 fully saturated rings. The van der Waals surface area contributed by atoms with Gasteiger partial charge in [-0.15, -0.1) is 0 Å². The van der Waals surface area contributed by atoms with E-state index in [0.717, 1.165) is 15.6 Å². The fraction of sp³-hybridized carbons (Fsp3) is 0.125. The van der Waals surface area contributed by atoms with Gasteiger partial charge < -0.3 is 19.4 Å². The highest BCUT2D eigenvalue weighted by molar-refractivity contribution is 5.87. The quantitative estimate of drug-likeness (QED) is 0.440. The van der Waals surface area contributed by atoms with Crippen molar-refractivity contribution in [1.29, 1.82) is 0 Å². The van der Waals surface area contributed by atoms with Crippen molar-refractivity contribution in [2.45, 2.75) is 6.54 Å². The summed E-state index contributed by atoms with van der Waals surface area (Å²) in [7, 11) is 1.62. The summed E-state index contributed by atoms with van der Waals surface area (Å²) in [6.45, 7) is 1.13. The number of para-hydroxylation sites is 5. The zero-order chi connectivity index (χ0) is 23.2. The number of hydrogen-bond acceptors (Lipinski definition) is 5. The lowest BCUT2D eigenvalue weighted by molar-refractivity contribution is 0.187. The second-order valence-corrected chi connectivity index (χ2v) is 7.06. The molecule has 0 amide bonds. The molecule has 2 aromatic heterocycles. The largest absolute Gasteiger partial charge is 0.428 e. The second kappa shape index (κ2) is 9.84. The minimum atomic E-state index is -0.728. The summed E-state index contributed by atoms with van der Waals surface area (Å²) in [5, 5.41) is 0. The lowest BCUT2D eigenvalue weighted by Gasteiger charge is -2.04. The lowest BCUT2D eigenvalue weighted by atomic mass is 10.3. The SMILES string of the molecule is COCCn1c(=O)[nH]c2ccccc21.O=C(Oc1ccccc1)n1c(=O)[nH]c2ccccc21. The van der Waals surface area contributed by atoms with Gasteiger partial charge in [0.15, 0.2) is 0 Å². The van der Waals surface area contributed by atoms with Gasteiger partial charge in [-0.2, -0.15) is 4.57 Å². The number of nitrogens with one attached hydrogen (secondary N) is 2. The van der Waals surface area contributed by atoms with Crippen LogP contribution in [0.15, 0.2) is 88.5 Å². The molecule has 9 nitrogen and oxygen atoms in total. The molecule has 168 valence electrons. The maximum Gasteiger partial charge on any atom is 0.428 e. The molecule has 0 aliphatic heterocycles. The number of nitrogens with zero attached hydrogens (tertiary/aromatic N) is 2. The van der Waals surface area contributed by atoms with Crippen molar-refractivity contribution in [3.05, 3.63) is 99.8 Å². The van der Waals surface area contributed by atoms with Gasteiger partial charge in [-0.1, -0.05) is 42.5 Å². The van der Waals surface area contributed by atoms with Crippen molar-refractivity contribution in [2.24, 2.45) is 0 Å². The minimum absolute atomic E-state index is 0.0803. The summed E-state index contributed by atoms with van der Waals surface area (Å²) in [5.74, 6) is 0.393. The van der Waals surface area contributed by atoms with Crippen molar-refractivity contribution in [3.8, 4) is 5.75 Å². The van der Waals surface area contributed by atoms with Crippen molar-refractivity contribution in [3.63, 3.8) is 0 Å². The molecule has 0 saturated heterocycles. The molecule has 9 heteroatoms. The van der Waals surface area contributed by atoms with E-state index in [-0.39, 0.29) is 5.69 Å². The predicted octanol–water partition coefficient (Wildman–Crippen LogP) is 3.35. The van der Waals surface area contributed by atoms with Crippen LogP contribution in [0.3, 0.4) is 0 Å². The number of methoxy groups -OCH3 is 1. The van der Waals surface area contributed by atoms with Crippen molar-refractivity contribution < 1.29 is 14.3 Å². The number of carbonyl (C=O) groups is 1. The molecular weight excluding hydrogens is 424 g/mol. The van der Waals surface area contributed by atoms with Gasteiger partial charge in [-0.05, 0) is 36.4 Å². The van der Waals surface area contributed by atoms with Gasteiger partial charge in [0.1, 0.15) is 5.75 Å². The molecule has 0 aliphatic carbocycles. The summed E-state index contributed by atoms with van der Waals surface area (Å²) >= 11 is 0. The number of benzene rings is 3. The molecular formula is C24H22N4O5. The van der Waals surface area contributed by atoms with E-state index in [4.69, 9.17) is 9.47 Å². The van der Waals surface area contributed by atoms with Crippen LogP contribution < -0.4 is 16.1 Å². The van der Waals surface area contributed by atoms with Crippen molar-refractivity contribution in [1.82, 2.24) is 19.1 Å². The third-order valence-electron chi connectivity index (χ3n) is 4.92. The van der Waals surface area contributed by atoms with Gasteiger partial charge in [-0.3, -0.25) is 4.57 Å². The van der Waals surface area contributed by atoms with Crippen LogP contribution in [-0.4, -0.2) is 38.9 Å². The molecule has 3 aromatic carbocycles. The Balaban J connectivity index is 0.000000165. The molecule has 2 heterocycles. The van der Waals surface area contributed by atoms with Crippen LogP contribution in [0.5, 0.6) is 5.75 Å². The van der Waals surface area contributed by atoms with E-state index in [2.05, 4.69) is 9.97 Å². The smallest absolute Gasteiger partial charge is 0.410 e. The average molecular weight is 446 g/mol. The Hall–Kier alpha value is -4.37. The van der Waals surface area contributed by atoms with Gasteiger partial charge in [0, 0.05) is 7.11 Å². The number of aromatic amines is 2. The third kappa shape index (κ3) is 4.78. The number of imidazole rings is 2. The third-order valence-corrected chi connectivity index (χ3v) is 4.92. The van der Waals surface area contributed by atoms with Crippen LogP contribution in [0.25, 0.3) is 22.1 Å². The predicted molar refractivity (Wildman–Crippen MR) is 125 cm³/mol. The van der Waals surface area contributed by atoms with Crippen molar-refractivity contribution in [2.75, 3.05) is 13.7 Å². The van der Waals surface area contributed by atoms with Gasteiger partial charge in [0.2, 0.25) is 0 Å². The van der Waals surface area contributed by atoms with Crippen LogP contribution in [0.2, 0.25) is 0 Å². The number of H-pyrrole nitrogens is 2. The Morgan fingerprint density at radius 3 is 2.06 bits per heavy atom. The molecule has 0 bridgehead atoms. The zero-order valence-electron chi connectivity index (χ0n) is 17.9. The summed E-state index contributed by atoms with van der Waals surface area (Å²) in [5.41, 5.74) is 2.29. The number of fused-ring (bicyclic) bond motifs is 2. The molecule has 0 spiro atoms. The first-order valence-corrected chi connectivity index (χ1v) is 10.2. The van der Waals surface area contributed by atoms with E-state index >= 15 is 0 Å². The summed E-state index contributed by atoms with van der Waals surface area (Å²) < 4.78 is 12.8. The highest BCUT2D eigenvalue weighted by Gasteiger charge is 2.15. The lowest BCUT2D eigenvalue weighted by Crippen LogP contribution is -2.27. The first-order chi connectivity index (χ1) is 16.1. The standard InChI is InChI=1S/C14H10N2O3.C10H12N2O2/c17-13-15-11-8-4-5-9-12(11)16(13)14(18)19-10-6-2-1-3-7-10;1-14-7-6-12-9-5-3-2-4-8(9)11-10(12)13/h1-9H,(H,15,17);2-5H,6-7H2,1H3,(H,11,13). The summed E-state index contributed by atoms with van der Waals surface area (Å²) in [4.78, 5) is 40.7. The van der Waals surface area contributed by atoms with Crippen LogP contribution in [0, 0.1) is 0 Å². The van der Waals surface area contributed by atoms with E-state index < -0.39 is 11.8 Å². The van der Waals surface area contributed by atoms with Gasteiger partial charge in [0.25, 0.3) is 0 Å². The topological polar surface area (TPSA) is 111 Å². The maximum absolute atomic E-state index is 12.0. The number of ether oxygens (including phenoxy) is 2. The number of rotatable bonds is 4. The average Bonchev–Trinajstić information content (AvgIpc) is 3.33. The monoisotopic (exact) mass is 446 g/mol.